The number of halogens is 2. The molecular weight excluding hydrogens is 352 g/mol. The number of hydrogen-bond acceptors (Lipinski definition) is 3. The molecule has 4 rings (SSSR count). The summed E-state index contributed by atoms with van der Waals surface area (Å²) in [6.45, 7) is 0. The first-order chi connectivity index (χ1) is 12.6. The largest absolute Gasteiger partial charge is 0.282 e. The van der Waals surface area contributed by atoms with Gasteiger partial charge in [0.05, 0.1) is 10.6 Å². The fraction of sp³-hybridized carbons (Fsp3) is 0.250. The molecule has 2 aromatic carbocycles. The lowest BCUT2D eigenvalue weighted by Gasteiger charge is -2.08. The molecule has 3 nitrogen and oxygen atoms in total. The Kier molecular flexibility index (Phi) is 4.78. The van der Waals surface area contributed by atoms with E-state index in [-0.39, 0.29) is 11.6 Å². The maximum absolute atomic E-state index is 14.1. The maximum atomic E-state index is 14.1. The van der Waals surface area contributed by atoms with Crippen LogP contribution in [0.25, 0.3) is 11.3 Å². The normalized spacial score (nSPS) is 14.0. The van der Waals surface area contributed by atoms with Gasteiger partial charge in [-0.3, -0.25) is 10.2 Å². The molecule has 1 aliphatic carbocycles. The molecule has 0 aliphatic heterocycles. The number of nitrogens with one attached hydrogen (secondary N) is 1. The zero-order valence-electron chi connectivity index (χ0n) is 14.1. The van der Waals surface area contributed by atoms with Crippen LogP contribution in [0.15, 0.2) is 47.4 Å². The van der Waals surface area contributed by atoms with Crippen molar-refractivity contribution in [2.24, 2.45) is 11.1 Å². The number of aromatic nitrogens is 2. The van der Waals surface area contributed by atoms with Gasteiger partial charge in [0.15, 0.2) is 0 Å². The zero-order chi connectivity index (χ0) is 18.1. The molecule has 0 radical (unpaired) electrons. The van der Waals surface area contributed by atoms with E-state index in [1.807, 2.05) is 6.07 Å². The number of aromatic amines is 1. The summed E-state index contributed by atoms with van der Waals surface area (Å²) in [4.78, 5) is 0.429. The van der Waals surface area contributed by atoms with Gasteiger partial charge < -0.3 is 0 Å². The Morgan fingerprint density at radius 2 is 1.88 bits per heavy atom. The van der Waals surface area contributed by atoms with E-state index in [1.165, 1.54) is 31.0 Å². The van der Waals surface area contributed by atoms with Gasteiger partial charge in [-0.2, -0.15) is 5.10 Å². The molecule has 26 heavy (non-hydrogen) atoms. The molecule has 0 bridgehead atoms. The second-order valence-corrected chi connectivity index (χ2v) is 7.42. The van der Waals surface area contributed by atoms with Crippen LogP contribution in [-0.2, 0) is 12.8 Å². The van der Waals surface area contributed by atoms with Crippen LogP contribution in [0.3, 0.4) is 0 Å². The van der Waals surface area contributed by atoms with Crippen LogP contribution >= 0.6 is 11.9 Å². The minimum Gasteiger partial charge on any atom is -0.282 e. The first-order valence-corrected chi connectivity index (χ1v) is 9.49. The van der Waals surface area contributed by atoms with Crippen molar-refractivity contribution in [2.45, 2.75) is 30.6 Å². The third-order valence-electron chi connectivity index (χ3n) is 4.76. The molecule has 1 fully saturated rings. The molecule has 134 valence electrons. The Morgan fingerprint density at radius 1 is 1.12 bits per heavy atom. The first kappa shape index (κ1) is 17.2. The molecule has 1 aromatic heterocycles. The molecule has 3 aromatic rings. The number of H-pyrrole nitrogens is 1. The molecule has 0 saturated heterocycles. The summed E-state index contributed by atoms with van der Waals surface area (Å²) in [6.07, 6.45) is 3.99. The van der Waals surface area contributed by atoms with Crippen molar-refractivity contribution < 1.29 is 8.78 Å². The van der Waals surface area contributed by atoms with E-state index in [2.05, 4.69) is 10.2 Å². The average molecular weight is 371 g/mol. The highest BCUT2D eigenvalue weighted by molar-refractivity contribution is 7.97. The highest BCUT2D eigenvalue weighted by Gasteiger charge is 2.25. The van der Waals surface area contributed by atoms with Crippen molar-refractivity contribution in [3.05, 3.63) is 70.9 Å². The smallest absolute Gasteiger partial charge is 0.138 e. The van der Waals surface area contributed by atoms with Crippen LogP contribution in [0.5, 0.6) is 0 Å². The Hall–Kier alpha value is -2.18. The summed E-state index contributed by atoms with van der Waals surface area (Å²) in [7, 11) is 0. The standard InChI is InChI=1S/C20H19F2N3S/c21-15-6-4-14(5-7-15)20-16(18(24-25-20)11-12-1-2-12)9-13-3-8-19(26-23)17(22)10-13/h3-8,10,12H,1-2,9,11,23H2,(H,24,25). The summed E-state index contributed by atoms with van der Waals surface area (Å²) in [5.41, 5.74) is 4.66. The van der Waals surface area contributed by atoms with Gasteiger partial charge in [0.25, 0.3) is 0 Å². The van der Waals surface area contributed by atoms with Gasteiger partial charge in [-0.05, 0) is 79.1 Å². The van der Waals surface area contributed by atoms with Crippen LogP contribution in [0.1, 0.15) is 29.7 Å². The summed E-state index contributed by atoms with van der Waals surface area (Å²) >= 11 is 0.904. The third-order valence-corrected chi connectivity index (χ3v) is 5.35. The number of nitrogens with two attached hydrogens (primary N) is 1. The minimum atomic E-state index is -0.314. The van der Waals surface area contributed by atoms with E-state index in [1.54, 1.807) is 18.2 Å². The van der Waals surface area contributed by atoms with Crippen molar-refractivity contribution in [1.82, 2.24) is 10.2 Å². The van der Waals surface area contributed by atoms with Gasteiger partial charge in [-0.15, -0.1) is 0 Å². The molecular formula is C20H19F2N3S. The second kappa shape index (κ2) is 7.21. The molecule has 3 N–H and O–H groups in total. The number of hydrogen-bond donors (Lipinski definition) is 2. The number of nitrogens with zero attached hydrogens (tertiary/aromatic N) is 1. The fourth-order valence-corrected chi connectivity index (χ4v) is 3.49. The van der Waals surface area contributed by atoms with E-state index in [9.17, 15) is 8.78 Å². The van der Waals surface area contributed by atoms with Crippen molar-refractivity contribution >= 4 is 11.9 Å². The number of rotatable bonds is 6. The van der Waals surface area contributed by atoms with Crippen LogP contribution in [0, 0.1) is 17.6 Å². The Bertz CT molecular complexity index is 917. The predicted octanol–water partition coefficient (Wildman–Crippen LogP) is 4.86. The van der Waals surface area contributed by atoms with Crippen molar-refractivity contribution in [1.29, 1.82) is 0 Å². The van der Waals surface area contributed by atoms with E-state index < -0.39 is 0 Å². The van der Waals surface area contributed by atoms with Gasteiger partial charge in [-0.1, -0.05) is 6.07 Å². The van der Waals surface area contributed by atoms with Gasteiger partial charge >= 0.3 is 0 Å². The first-order valence-electron chi connectivity index (χ1n) is 8.61. The van der Waals surface area contributed by atoms with E-state index >= 15 is 0 Å². The highest BCUT2D eigenvalue weighted by Crippen LogP contribution is 2.35. The van der Waals surface area contributed by atoms with Gasteiger partial charge in [-0.25, -0.2) is 8.78 Å². The Labute approximate surface area is 155 Å². The average Bonchev–Trinajstić information content (AvgIpc) is 3.37. The van der Waals surface area contributed by atoms with Crippen LogP contribution in [0.4, 0.5) is 8.78 Å². The Morgan fingerprint density at radius 3 is 2.54 bits per heavy atom. The fourth-order valence-electron chi connectivity index (χ4n) is 3.17. The van der Waals surface area contributed by atoms with Gasteiger partial charge in [0.2, 0.25) is 0 Å². The van der Waals surface area contributed by atoms with Crippen LogP contribution in [-0.4, -0.2) is 10.2 Å². The summed E-state index contributed by atoms with van der Waals surface area (Å²) in [5.74, 6) is 0.106. The molecule has 0 spiro atoms. The van der Waals surface area contributed by atoms with Gasteiger partial charge in [0.1, 0.15) is 11.6 Å². The number of benzene rings is 2. The van der Waals surface area contributed by atoms with Gasteiger partial charge in [0, 0.05) is 23.2 Å². The zero-order valence-corrected chi connectivity index (χ0v) is 15.0. The lowest BCUT2D eigenvalue weighted by molar-refractivity contribution is 0.600. The third kappa shape index (κ3) is 3.66. The molecule has 0 unspecified atom stereocenters. The van der Waals surface area contributed by atoms with Crippen LogP contribution in [0.2, 0.25) is 0 Å². The lowest BCUT2D eigenvalue weighted by Crippen LogP contribution is -1.98. The molecule has 6 heteroatoms. The molecule has 0 amide bonds. The van der Waals surface area contributed by atoms with Crippen molar-refractivity contribution in [2.75, 3.05) is 0 Å². The topological polar surface area (TPSA) is 54.7 Å². The molecule has 0 atom stereocenters. The predicted molar refractivity (Wildman–Crippen MR) is 99.7 cm³/mol. The quantitative estimate of drug-likeness (QED) is 0.608. The minimum absolute atomic E-state index is 0.277. The summed E-state index contributed by atoms with van der Waals surface area (Å²) in [5, 5.41) is 13.1. The monoisotopic (exact) mass is 371 g/mol. The van der Waals surface area contributed by atoms with E-state index in [0.717, 1.165) is 46.4 Å². The lowest BCUT2D eigenvalue weighted by atomic mass is 9.97. The van der Waals surface area contributed by atoms with Crippen molar-refractivity contribution in [3.63, 3.8) is 0 Å². The van der Waals surface area contributed by atoms with E-state index in [0.29, 0.717) is 17.2 Å². The summed E-state index contributed by atoms with van der Waals surface area (Å²) in [6, 6.07) is 11.4. The van der Waals surface area contributed by atoms with Crippen molar-refractivity contribution in [3.8, 4) is 11.3 Å². The summed E-state index contributed by atoms with van der Waals surface area (Å²) < 4.78 is 27.4. The Balaban J connectivity index is 1.70. The maximum Gasteiger partial charge on any atom is 0.138 e. The highest BCUT2D eigenvalue weighted by atomic mass is 32.2. The van der Waals surface area contributed by atoms with Crippen LogP contribution < -0.4 is 5.14 Å². The molecule has 1 aliphatic rings. The SMILES string of the molecule is NSc1ccc(Cc2c(-c3ccc(F)cc3)n[nH]c2CC2CC2)cc1F. The molecule has 1 saturated carbocycles. The molecule has 1 heterocycles. The second-order valence-electron chi connectivity index (χ2n) is 6.74. The van der Waals surface area contributed by atoms with E-state index in [4.69, 9.17) is 5.14 Å².